The molecule has 1 atom stereocenters. The Morgan fingerprint density at radius 1 is 1.04 bits per heavy atom. The van der Waals surface area contributed by atoms with Crippen molar-refractivity contribution in [1.82, 2.24) is 4.98 Å². The van der Waals surface area contributed by atoms with Crippen LogP contribution in [0.4, 0.5) is 5.13 Å². The second-order valence-electron chi connectivity index (χ2n) is 5.38. The summed E-state index contributed by atoms with van der Waals surface area (Å²) in [5.41, 5.74) is 3.03. The highest BCUT2D eigenvalue weighted by molar-refractivity contribution is 7.14. The number of hydrogen-bond donors (Lipinski definition) is 1. The Hall–Kier alpha value is -2.53. The van der Waals surface area contributed by atoms with Gasteiger partial charge < -0.3 is 14.8 Å². The largest absolute Gasteiger partial charge is 0.497 e. The van der Waals surface area contributed by atoms with Crippen LogP contribution in [0.3, 0.4) is 0 Å². The fraction of sp³-hybridized carbons (Fsp3) is 0.211. The van der Waals surface area contributed by atoms with Crippen LogP contribution < -0.4 is 14.8 Å². The smallest absolute Gasteiger partial charge is 0.183 e. The third-order valence-corrected chi connectivity index (χ3v) is 4.60. The SMILES string of the molecule is COc1ccc(OC)c(-c2csc(NC(C)c3ccccc3)n2)c1. The Labute approximate surface area is 146 Å². The summed E-state index contributed by atoms with van der Waals surface area (Å²) in [5, 5.41) is 6.36. The van der Waals surface area contributed by atoms with Gasteiger partial charge in [-0.25, -0.2) is 4.98 Å². The molecule has 3 rings (SSSR count). The summed E-state index contributed by atoms with van der Waals surface area (Å²) in [6, 6.07) is 16.2. The average molecular weight is 340 g/mol. The second kappa shape index (κ2) is 7.36. The van der Waals surface area contributed by atoms with Gasteiger partial charge in [-0.15, -0.1) is 11.3 Å². The van der Waals surface area contributed by atoms with Crippen LogP contribution in [0.5, 0.6) is 11.5 Å². The first-order valence-corrected chi connectivity index (χ1v) is 8.58. The van der Waals surface area contributed by atoms with Gasteiger partial charge in [-0.1, -0.05) is 30.3 Å². The molecule has 3 aromatic rings. The van der Waals surface area contributed by atoms with E-state index in [0.717, 1.165) is 27.9 Å². The van der Waals surface area contributed by atoms with Gasteiger partial charge in [-0.05, 0) is 30.7 Å². The maximum Gasteiger partial charge on any atom is 0.183 e. The van der Waals surface area contributed by atoms with E-state index in [1.54, 1.807) is 25.6 Å². The molecule has 1 heterocycles. The highest BCUT2D eigenvalue weighted by atomic mass is 32.1. The number of nitrogens with zero attached hydrogens (tertiary/aromatic N) is 1. The summed E-state index contributed by atoms with van der Waals surface area (Å²) >= 11 is 1.58. The zero-order valence-corrected chi connectivity index (χ0v) is 14.8. The Morgan fingerprint density at radius 3 is 2.54 bits per heavy atom. The van der Waals surface area contributed by atoms with Crippen LogP contribution in [0.25, 0.3) is 11.3 Å². The van der Waals surface area contributed by atoms with Crippen LogP contribution in [0.1, 0.15) is 18.5 Å². The number of rotatable bonds is 6. The zero-order chi connectivity index (χ0) is 16.9. The molecule has 1 N–H and O–H groups in total. The minimum Gasteiger partial charge on any atom is -0.497 e. The molecule has 4 nitrogen and oxygen atoms in total. The molecule has 5 heteroatoms. The monoisotopic (exact) mass is 340 g/mol. The number of anilines is 1. The van der Waals surface area contributed by atoms with Gasteiger partial charge in [0.25, 0.3) is 0 Å². The van der Waals surface area contributed by atoms with Crippen molar-refractivity contribution in [1.29, 1.82) is 0 Å². The zero-order valence-electron chi connectivity index (χ0n) is 13.9. The summed E-state index contributed by atoms with van der Waals surface area (Å²) < 4.78 is 10.8. The van der Waals surface area contributed by atoms with E-state index in [-0.39, 0.29) is 6.04 Å². The van der Waals surface area contributed by atoms with Gasteiger partial charge in [0.05, 0.1) is 26.0 Å². The van der Waals surface area contributed by atoms with Gasteiger partial charge in [0.2, 0.25) is 0 Å². The Bertz CT molecular complexity index is 802. The standard InChI is InChI=1S/C19H20N2O2S/c1-13(14-7-5-4-6-8-14)20-19-21-17(12-24-19)16-11-15(22-2)9-10-18(16)23-3/h4-13H,1-3H3,(H,20,21). The van der Waals surface area contributed by atoms with Crippen molar-refractivity contribution in [2.75, 3.05) is 19.5 Å². The average Bonchev–Trinajstić information content (AvgIpc) is 3.10. The van der Waals surface area contributed by atoms with Crippen LogP contribution >= 0.6 is 11.3 Å². The van der Waals surface area contributed by atoms with Crippen molar-refractivity contribution in [3.8, 4) is 22.8 Å². The van der Waals surface area contributed by atoms with Crippen molar-refractivity contribution in [2.45, 2.75) is 13.0 Å². The molecule has 0 radical (unpaired) electrons. The minimum absolute atomic E-state index is 0.192. The lowest BCUT2D eigenvalue weighted by atomic mass is 10.1. The van der Waals surface area contributed by atoms with E-state index in [4.69, 9.17) is 14.5 Å². The van der Waals surface area contributed by atoms with E-state index < -0.39 is 0 Å². The quantitative estimate of drug-likeness (QED) is 0.686. The van der Waals surface area contributed by atoms with Gasteiger partial charge >= 0.3 is 0 Å². The van der Waals surface area contributed by atoms with E-state index in [1.807, 2.05) is 41.8 Å². The summed E-state index contributed by atoms with van der Waals surface area (Å²) in [7, 11) is 3.31. The molecule has 1 aromatic heterocycles. The van der Waals surface area contributed by atoms with Crippen LogP contribution in [0.15, 0.2) is 53.9 Å². The maximum atomic E-state index is 5.45. The number of benzene rings is 2. The van der Waals surface area contributed by atoms with E-state index in [9.17, 15) is 0 Å². The Kier molecular flexibility index (Phi) is 5.01. The van der Waals surface area contributed by atoms with E-state index in [2.05, 4.69) is 24.4 Å². The normalized spacial score (nSPS) is 11.8. The first-order chi connectivity index (χ1) is 11.7. The van der Waals surface area contributed by atoms with Crippen LogP contribution in [-0.4, -0.2) is 19.2 Å². The van der Waals surface area contributed by atoms with Gasteiger partial charge in [0.1, 0.15) is 11.5 Å². The summed E-state index contributed by atoms with van der Waals surface area (Å²) in [4.78, 5) is 4.70. The number of aromatic nitrogens is 1. The molecular weight excluding hydrogens is 320 g/mol. The molecule has 0 amide bonds. The summed E-state index contributed by atoms with van der Waals surface area (Å²) in [5.74, 6) is 1.56. The molecule has 0 saturated heterocycles. The van der Waals surface area contributed by atoms with Gasteiger partial charge in [0.15, 0.2) is 5.13 Å². The first-order valence-electron chi connectivity index (χ1n) is 7.70. The van der Waals surface area contributed by atoms with Crippen molar-refractivity contribution >= 4 is 16.5 Å². The van der Waals surface area contributed by atoms with Crippen LogP contribution in [0, 0.1) is 0 Å². The molecule has 0 aliphatic heterocycles. The lowest BCUT2D eigenvalue weighted by Crippen LogP contribution is -2.05. The van der Waals surface area contributed by atoms with Crippen molar-refractivity contribution in [2.24, 2.45) is 0 Å². The highest BCUT2D eigenvalue weighted by Crippen LogP contribution is 2.35. The summed E-state index contributed by atoms with van der Waals surface area (Å²) in [6.45, 7) is 2.13. The molecule has 24 heavy (non-hydrogen) atoms. The van der Waals surface area contributed by atoms with Gasteiger partial charge in [0, 0.05) is 10.9 Å². The fourth-order valence-corrected chi connectivity index (χ4v) is 3.29. The lowest BCUT2D eigenvalue weighted by Gasteiger charge is -2.13. The van der Waals surface area contributed by atoms with Crippen molar-refractivity contribution in [3.05, 3.63) is 59.5 Å². The predicted molar refractivity (Wildman–Crippen MR) is 99.1 cm³/mol. The third kappa shape index (κ3) is 3.51. The second-order valence-corrected chi connectivity index (χ2v) is 6.24. The molecule has 0 aliphatic rings. The molecule has 0 spiro atoms. The molecule has 0 bridgehead atoms. The first kappa shape index (κ1) is 16.3. The number of thiazole rings is 1. The van der Waals surface area contributed by atoms with Crippen molar-refractivity contribution < 1.29 is 9.47 Å². The molecule has 124 valence electrons. The topological polar surface area (TPSA) is 43.4 Å². The molecule has 0 aliphatic carbocycles. The van der Waals surface area contributed by atoms with Crippen LogP contribution in [-0.2, 0) is 0 Å². The summed E-state index contributed by atoms with van der Waals surface area (Å²) in [6.07, 6.45) is 0. The molecule has 0 fully saturated rings. The predicted octanol–water partition coefficient (Wildman–Crippen LogP) is 5.00. The lowest BCUT2D eigenvalue weighted by molar-refractivity contribution is 0.404. The molecule has 1 unspecified atom stereocenters. The Morgan fingerprint density at radius 2 is 1.83 bits per heavy atom. The van der Waals surface area contributed by atoms with E-state index in [0.29, 0.717) is 0 Å². The Balaban J connectivity index is 1.83. The van der Waals surface area contributed by atoms with Gasteiger partial charge in [-0.3, -0.25) is 0 Å². The number of hydrogen-bond acceptors (Lipinski definition) is 5. The minimum atomic E-state index is 0.192. The van der Waals surface area contributed by atoms with E-state index >= 15 is 0 Å². The number of ether oxygens (including phenoxy) is 2. The fourth-order valence-electron chi connectivity index (χ4n) is 2.49. The molecule has 0 saturated carbocycles. The molecule has 2 aromatic carbocycles. The van der Waals surface area contributed by atoms with E-state index in [1.165, 1.54) is 5.56 Å². The number of methoxy groups -OCH3 is 2. The van der Waals surface area contributed by atoms with Crippen LogP contribution in [0.2, 0.25) is 0 Å². The highest BCUT2D eigenvalue weighted by Gasteiger charge is 2.13. The van der Waals surface area contributed by atoms with Gasteiger partial charge in [-0.2, -0.15) is 0 Å². The third-order valence-electron chi connectivity index (χ3n) is 3.83. The van der Waals surface area contributed by atoms with Crippen molar-refractivity contribution in [3.63, 3.8) is 0 Å². The number of nitrogens with one attached hydrogen (secondary N) is 1. The molecular formula is C19H20N2O2S. The maximum absolute atomic E-state index is 5.45.